The highest BCUT2D eigenvalue weighted by Crippen LogP contribution is 2.35. The zero-order valence-electron chi connectivity index (χ0n) is 11.4. The van der Waals surface area contributed by atoms with Gasteiger partial charge < -0.3 is 19.6 Å². The summed E-state index contributed by atoms with van der Waals surface area (Å²) in [4.78, 5) is 15.6. The van der Waals surface area contributed by atoms with Crippen LogP contribution in [0.4, 0.5) is 5.69 Å². The summed E-state index contributed by atoms with van der Waals surface area (Å²) >= 11 is 6.13. The molecule has 1 aliphatic heterocycles. The maximum absolute atomic E-state index is 11.3. The molecule has 2 rings (SSSR count). The minimum Gasteiger partial charge on any atom is -0.346 e. The second-order valence-corrected chi connectivity index (χ2v) is 4.57. The molecule has 108 valence electrons. The Hall–Kier alpha value is -1.43. The van der Waals surface area contributed by atoms with Crippen LogP contribution < -0.4 is 5.32 Å². The maximum atomic E-state index is 11.3. The first-order valence-electron chi connectivity index (χ1n) is 6.52. The molecule has 0 saturated heterocycles. The summed E-state index contributed by atoms with van der Waals surface area (Å²) in [6.07, 6.45) is 0.153. The number of benzene rings is 1. The number of aldehydes is 1. The van der Waals surface area contributed by atoms with E-state index in [2.05, 4.69) is 10.3 Å². The highest BCUT2D eigenvalue weighted by molar-refractivity contribution is 6.32. The largest absolute Gasteiger partial charge is 0.346 e. The van der Waals surface area contributed by atoms with E-state index in [1.807, 2.05) is 26.0 Å². The molecule has 0 aromatic heterocycles. The van der Waals surface area contributed by atoms with Crippen LogP contribution in [0.15, 0.2) is 23.2 Å². The van der Waals surface area contributed by atoms with Crippen LogP contribution in [0.1, 0.15) is 25.5 Å². The third-order valence-corrected chi connectivity index (χ3v) is 3.21. The lowest BCUT2D eigenvalue weighted by Crippen LogP contribution is -2.36. The van der Waals surface area contributed by atoms with E-state index in [9.17, 15) is 4.79 Å². The summed E-state index contributed by atoms with van der Waals surface area (Å²) in [5, 5.41) is 3.64. The maximum Gasteiger partial charge on any atom is 0.216 e. The zero-order valence-corrected chi connectivity index (χ0v) is 12.2. The lowest BCUT2D eigenvalue weighted by atomic mass is 10.0. The van der Waals surface area contributed by atoms with Gasteiger partial charge in [-0.25, -0.2) is 0 Å². The van der Waals surface area contributed by atoms with Crippen LogP contribution in [-0.2, 0) is 14.3 Å². The Bertz CT molecular complexity index is 513. The van der Waals surface area contributed by atoms with E-state index in [-0.39, 0.29) is 0 Å². The van der Waals surface area contributed by atoms with Crippen molar-refractivity contribution in [2.75, 3.05) is 18.5 Å². The second kappa shape index (κ2) is 6.83. The second-order valence-electron chi connectivity index (χ2n) is 4.16. The topological polar surface area (TPSA) is 59.9 Å². The van der Waals surface area contributed by atoms with Crippen molar-refractivity contribution in [1.82, 2.24) is 0 Å². The number of halogens is 1. The van der Waals surface area contributed by atoms with Gasteiger partial charge in [0.1, 0.15) is 12.3 Å². The molecule has 1 atom stereocenters. The Morgan fingerprint density at radius 2 is 2.10 bits per heavy atom. The number of anilines is 1. The molecule has 0 fully saturated rings. The number of carbonyl (C=O) groups excluding carboxylic acids is 1. The number of hydrogen-bond donors (Lipinski definition) is 1. The molecule has 5 nitrogen and oxygen atoms in total. The van der Waals surface area contributed by atoms with Gasteiger partial charge in [0.2, 0.25) is 6.29 Å². The molecule has 6 heteroatoms. The van der Waals surface area contributed by atoms with Crippen molar-refractivity contribution in [3.05, 3.63) is 28.8 Å². The van der Waals surface area contributed by atoms with Gasteiger partial charge in [-0.3, -0.25) is 4.99 Å². The summed E-state index contributed by atoms with van der Waals surface area (Å²) in [6.45, 7) is 4.72. The van der Waals surface area contributed by atoms with E-state index >= 15 is 0 Å². The first-order valence-corrected chi connectivity index (χ1v) is 6.90. The number of hydrogen-bond acceptors (Lipinski definition) is 5. The molecule has 1 aliphatic rings. The van der Waals surface area contributed by atoms with E-state index in [0.717, 1.165) is 12.0 Å². The highest BCUT2D eigenvalue weighted by atomic mass is 35.5. The summed E-state index contributed by atoms with van der Waals surface area (Å²) in [5.74, 6) is 0.487. The molecule has 0 bridgehead atoms. The molecule has 0 spiro atoms. The highest BCUT2D eigenvalue weighted by Gasteiger charge is 2.28. The average Bonchev–Trinajstić information content (AvgIpc) is 2.46. The number of rotatable bonds is 6. The zero-order chi connectivity index (χ0) is 14.5. The van der Waals surface area contributed by atoms with E-state index in [4.69, 9.17) is 21.1 Å². The van der Waals surface area contributed by atoms with Crippen molar-refractivity contribution in [3.63, 3.8) is 0 Å². The quantitative estimate of drug-likeness (QED) is 0.648. The van der Waals surface area contributed by atoms with Gasteiger partial charge in [-0.15, -0.1) is 0 Å². The predicted octanol–water partition coefficient (Wildman–Crippen LogP) is 2.80. The van der Waals surface area contributed by atoms with Crippen LogP contribution in [0.5, 0.6) is 0 Å². The van der Waals surface area contributed by atoms with Gasteiger partial charge in [0, 0.05) is 29.5 Å². The van der Waals surface area contributed by atoms with Crippen molar-refractivity contribution in [2.24, 2.45) is 4.99 Å². The summed E-state index contributed by atoms with van der Waals surface area (Å²) in [5.41, 5.74) is 1.43. The van der Waals surface area contributed by atoms with Crippen molar-refractivity contribution < 1.29 is 14.3 Å². The van der Waals surface area contributed by atoms with Gasteiger partial charge in [0.15, 0.2) is 5.84 Å². The Labute approximate surface area is 122 Å². The van der Waals surface area contributed by atoms with Crippen molar-refractivity contribution in [2.45, 2.75) is 26.2 Å². The minimum absolute atomic E-state index is 0.486. The van der Waals surface area contributed by atoms with E-state index in [1.54, 1.807) is 6.07 Å². The van der Waals surface area contributed by atoms with Crippen molar-refractivity contribution in [1.29, 1.82) is 0 Å². The molecule has 0 saturated carbocycles. The van der Waals surface area contributed by atoms with Gasteiger partial charge in [0.25, 0.3) is 0 Å². The number of amidine groups is 1. The number of fused-ring (bicyclic) bond motifs is 1. The third-order valence-electron chi connectivity index (χ3n) is 2.88. The molecule has 0 aliphatic carbocycles. The van der Waals surface area contributed by atoms with Gasteiger partial charge >= 0.3 is 0 Å². The van der Waals surface area contributed by atoms with Crippen LogP contribution in [0.2, 0.25) is 5.02 Å². The SMILES string of the molecule is CCOC(OCC)C1=NC(C=O)c2c(Cl)cccc2N1. The smallest absolute Gasteiger partial charge is 0.216 e. The number of ether oxygens (including phenoxy) is 2. The standard InChI is InChI=1S/C14H17ClN2O3/c1-3-19-14(20-4-2)13-16-10-7-5-6-9(15)12(10)11(8-18)17-13/h5-8,11,14H,3-4H2,1-2H3,(H,16,17). The van der Waals surface area contributed by atoms with Crippen molar-refractivity contribution in [3.8, 4) is 0 Å². The molecule has 1 heterocycles. The Kier molecular flexibility index (Phi) is 5.11. The first-order chi connectivity index (χ1) is 9.71. The van der Waals surface area contributed by atoms with Gasteiger partial charge in [-0.2, -0.15) is 0 Å². The number of nitrogens with one attached hydrogen (secondary N) is 1. The molecule has 1 aromatic rings. The lowest BCUT2D eigenvalue weighted by molar-refractivity contribution is -0.109. The van der Waals surface area contributed by atoms with Crippen LogP contribution in [0, 0.1) is 0 Å². The minimum atomic E-state index is -0.640. The average molecular weight is 297 g/mol. The Morgan fingerprint density at radius 3 is 2.70 bits per heavy atom. The molecule has 1 aromatic carbocycles. The fourth-order valence-electron chi connectivity index (χ4n) is 2.06. The first kappa shape index (κ1) is 15.0. The van der Waals surface area contributed by atoms with Crippen LogP contribution in [-0.4, -0.2) is 31.6 Å². The monoisotopic (exact) mass is 296 g/mol. The Morgan fingerprint density at radius 1 is 1.40 bits per heavy atom. The van der Waals surface area contributed by atoms with Crippen LogP contribution >= 0.6 is 11.6 Å². The fourth-order valence-corrected chi connectivity index (χ4v) is 2.34. The number of carbonyl (C=O) groups is 1. The van der Waals surface area contributed by atoms with Crippen LogP contribution in [0.25, 0.3) is 0 Å². The predicted molar refractivity (Wildman–Crippen MR) is 78.4 cm³/mol. The van der Waals surface area contributed by atoms with E-state index < -0.39 is 12.3 Å². The van der Waals surface area contributed by atoms with Gasteiger partial charge in [0.05, 0.1) is 0 Å². The lowest BCUT2D eigenvalue weighted by Gasteiger charge is -2.27. The summed E-state index contributed by atoms with van der Waals surface area (Å²) in [7, 11) is 0. The van der Waals surface area contributed by atoms with E-state index in [0.29, 0.717) is 29.6 Å². The molecule has 0 amide bonds. The van der Waals surface area contributed by atoms with Gasteiger partial charge in [-0.1, -0.05) is 17.7 Å². The summed E-state index contributed by atoms with van der Waals surface area (Å²) < 4.78 is 11.0. The van der Waals surface area contributed by atoms with E-state index in [1.165, 1.54) is 0 Å². The number of aliphatic imine (C=N–C) groups is 1. The van der Waals surface area contributed by atoms with Crippen molar-refractivity contribution >= 4 is 29.4 Å². The van der Waals surface area contributed by atoms with Gasteiger partial charge in [-0.05, 0) is 26.0 Å². The molecule has 1 unspecified atom stereocenters. The van der Waals surface area contributed by atoms with Crippen LogP contribution in [0.3, 0.4) is 0 Å². The molecule has 0 radical (unpaired) electrons. The normalized spacial score (nSPS) is 17.4. The molecular formula is C14H17ClN2O3. The molecule has 20 heavy (non-hydrogen) atoms. The summed E-state index contributed by atoms with van der Waals surface area (Å²) in [6, 6.07) is 4.76. The third kappa shape index (κ3) is 3.00. The molecular weight excluding hydrogens is 280 g/mol. The fraction of sp³-hybridized carbons (Fsp3) is 0.429. The number of nitrogens with zero attached hydrogens (tertiary/aromatic N) is 1. The Balaban J connectivity index is 2.34. The molecule has 1 N–H and O–H groups in total.